The molecule has 0 bridgehead atoms. The van der Waals surface area contributed by atoms with Crippen molar-refractivity contribution < 1.29 is 1.43 Å². The molecule has 1 aromatic heterocycles. The lowest BCUT2D eigenvalue weighted by atomic mass is 9.97. The lowest BCUT2D eigenvalue weighted by Gasteiger charge is -2.27. The predicted molar refractivity (Wildman–Crippen MR) is 124 cm³/mol. The van der Waals surface area contributed by atoms with E-state index in [1.165, 1.54) is 6.42 Å². The smallest absolute Gasteiger partial charge is 0.101 e. The van der Waals surface area contributed by atoms with E-state index in [1.807, 2.05) is 40.8 Å². The monoisotopic (exact) mass is 376 g/mol. The van der Waals surface area contributed by atoms with Crippen molar-refractivity contribution in [2.45, 2.75) is 92.7 Å². The van der Waals surface area contributed by atoms with E-state index in [4.69, 9.17) is 15.7 Å². The van der Waals surface area contributed by atoms with Gasteiger partial charge in [0.2, 0.25) is 0 Å². The van der Waals surface area contributed by atoms with Crippen LogP contribution >= 0.6 is 0 Å². The van der Waals surface area contributed by atoms with Crippen LogP contribution in [0.4, 0.5) is 5.69 Å². The fraction of sp³-hybridized carbons (Fsp3) is 0.652. The molecule has 0 fully saturated rings. The van der Waals surface area contributed by atoms with E-state index in [1.54, 1.807) is 0 Å². The molecular formula is C23H44N4. The topological polar surface area (TPSA) is 54.5 Å². The third kappa shape index (κ3) is 7.84. The Morgan fingerprint density at radius 1 is 1.26 bits per heavy atom. The summed E-state index contributed by atoms with van der Waals surface area (Å²) in [5.41, 5.74) is 9.94. The van der Waals surface area contributed by atoms with E-state index >= 15 is 0 Å². The summed E-state index contributed by atoms with van der Waals surface area (Å²) in [6.45, 7) is 22.7. The summed E-state index contributed by atoms with van der Waals surface area (Å²) in [6.07, 6.45) is 2.28. The van der Waals surface area contributed by atoms with Gasteiger partial charge in [0.25, 0.3) is 0 Å². The zero-order valence-electron chi connectivity index (χ0n) is 19.3. The number of aromatic nitrogens is 1. The lowest BCUT2D eigenvalue weighted by molar-refractivity contribution is 0.529. The highest BCUT2D eigenvalue weighted by Crippen LogP contribution is 2.30. The minimum atomic E-state index is -0.448. The molecule has 156 valence electrons. The Labute approximate surface area is 169 Å². The van der Waals surface area contributed by atoms with Gasteiger partial charge in [-0.05, 0) is 53.2 Å². The summed E-state index contributed by atoms with van der Waals surface area (Å²) in [5.74, 6) is 1.31. The standard InChI is InChI=1S/C20H34N4.C3H8.H2/c1-10-14(4)19-17(11-12-18(23-19)20(7,8)21)24(9)16(6)22-15(5)13(2)3;1-3-2;/h11-12,14-15H,2,10,21H2,1,3-9H3;3H2,1-2H3;1H/t14-,15?;;/m1../s1. The van der Waals surface area contributed by atoms with Crippen LogP contribution in [0.15, 0.2) is 29.3 Å². The Bertz CT molecular complexity index is 632. The van der Waals surface area contributed by atoms with E-state index in [2.05, 4.69) is 52.2 Å². The zero-order valence-corrected chi connectivity index (χ0v) is 19.3. The zero-order chi connectivity index (χ0) is 21.4. The first kappa shape index (κ1) is 25.3. The minimum absolute atomic E-state index is 0. The second kappa shape index (κ2) is 11.2. The van der Waals surface area contributed by atoms with Gasteiger partial charge >= 0.3 is 0 Å². The molecule has 1 aromatic rings. The molecule has 0 aliphatic heterocycles. The molecule has 0 spiro atoms. The van der Waals surface area contributed by atoms with Crippen molar-refractivity contribution in [2.75, 3.05) is 11.9 Å². The van der Waals surface area contributed by atoms with Gasteiger partial charge < -0.3 is 10.6 Å². The van der Waals surface area contributed by atoms with Crippen LogP contribution in [0, 0.1) is 0 Å². The first-order valence-corrected chi connectivity index (χ1v) is 10.1. The number of pyridine rings is 1. The number of hydrogen-bond acceptors (Lipinski definition) is 3. The van der Waals surface area contributed by atoms with Gasteiger partial charge in [-0.2, -0.15) is 0 Å². The Hall–Kier alpha value is -1.68. The van der Waals surface area contributed by atoms with Crippen molar-refractivity contribution >= 4 is 11.5 Å². The Morgan fingerprint density at radius 2 is 1.78 bits per heavy atom. The molecule has 0 aromatic carbocycles. The maximum Gasteiger partial charge on any atom is 0.101 e. The summed E-state index contributed by atoms with van der Waals surface area (Å²) in [5, 5.41) is 0. The number of amidine groups is 1. The second-order valence-electron chi connectivity index (χ2n) is 8.10. The molecule has 0 saturated heterocycles. The van der Waals surface area contributed by atoms with Crippen molar-refractivity contribution in [2.24, 2.45) is 10.7 Å². The lowest BCUT2D eigenvalue weighted by Crippen LogP contribution is -2.32. The van der Waals surface area contributed by atoms with Crippen LogP contribution in [0.1, 0.15) is 93.9 Å². The Balaban J connectivity index is 0. The molecule has 0 saturated carbocycles. The fourth-order valence-electron chi connectivity index (χ4n) is 2.32. The highest BCUT2D eigenvalue weighted by atomic mass is 15.2. The highest BCUT2D eigenvalue weighted by Gasteiger charge is 2.22. The third-order valence-electron chi connectivity index (χ3n) is 4.58. The van der Waals surface area contributed by atoms with Crippen LogP contribution in [0.5, 0.6) is 0 Å². The highest BCUT2D eigenvalue weighted by molar-refractivity contribution is 5.96. The molecule has 0 radical (unpaired) electrons. The van der Waals surface area contributed by atoms with Gasteiger partial charge in [0, 0.05) is 14.4 Å². The average molecular weight is 377 g/mol. The molecule has 4 nitrogen and oxygen atoms in total. The fourth-order valence-corrected chi connectivity index (χ4v) is 2.32. The van der Waals surface area contributed by atoms with Crippen LogP contribution < -0.4 is 10.6 Å². The molecule has 27 heavy (non-hydrogen) atoms. The summed E-state index contributed by atoms with van der Waals surface area (Å²) in [7, 11) is 2.04. The second-order valence-corrected chi connectivity index (χ2v) is 8.10. The molecule has 0 aliphatic carbocycles. The number of rotatable bonds is 6. The molecule has 1 unspecified atom stereocenters. The van der Waals surface area contributed by atoms with Gasteiger partial charge in [0.1, 0.15) is 5.84 Å². The maximum atomic E-state index is 6.24. The number of nitrogens with zero attached hydrogens (tertiary/aromatic N) is 3. The molecule has 2 N–H and O–H groups in total. The number of nitrogens with two attached hydrogens (primary N) is 1. The number of hydrogen-bond donors (Lipinski definition) is 1. The van der Waals surface area contributed by atoms with Gasteiger partial charge in [0.15, 0.2) is 0 Å². The normalized spacial score (nSPS) is 14.1. The molecule has 0 amide bonds. The van der Waals surface area contributed by atoms with Crippen LogP contribution in [0.25, 0.3) is 0 Å². The summed E-state index contributed by atoms with van der Waals surface area (Å²) in [4.78, 5) is 11.7. The van der Waals surface area contributed by atoms with Gasteiger partial charge in [-0.25, -0.2) is 0 Å². The molecular weight excluding hydrogens is 332 g/mol. The van der Waals surface area contributed by atoms with Crippen LogP contribution in [0.3, 0.4) is 0 Å². The number of aliphatic imine (C=N–C) groups is 1. The van der Waals surface area contributed by atoms with Gasteiger partial charge in [0.05, 0.1) is 28.7 Å². The number of anilines is 1. The molecule has 4 heteroatoms. The molecule has 1 heterocycles. The van der Waals surface area contributed by atoms with E-state index < -0.39 is 5.54 Å². The minimum Gasteiger partial charge on any atom is -0.332 e. The van der Waals surface area contributed by atoms with Gasteiger partial charge in [-0.15, -0.1) is 0 Å². The van der Waals surface area contributed by atoms with E-state index in [9.17, 15) is 0 Å². The third-order valence-corrected chi connectivity index (χ3v) is 4.58. The maximum absolute atomic E-state index is 6.24. The van der Waals surface area contributed by atoms with Crippen LogP contribution in [0.2, 0.25) is 0 Å². The molecule has 0 aliphatic rings. The molecule has 2 atom stereocenters. The summed E-state index contributed by atoms with van der Waals surface area (Å²) in [6, 6.07) is 4.24. The quantitative estimate of drug-likeness (QED) is 0.361. The largest absolute Gasteiger partial charge is 0.332 e. The average Bonchev–Trinajstić information content (AvgIpc) is 2.59. The predicted octanol–water partition coefficient (Wildman–Crippen LogP) is 6.27. The molecule has 1 rings (SSSR count). The van der Waals surface area contributed by atoms with Crippen molar-refractivity contribution in [3.8, 4) is 0 Å². The summed E-state index contributed by atoms with van der Waals surface area (Å²) >= 11 is 0. The van der Waals surface area contributed by atoms with E-state index in [0.29, 0.717) is 5.92 Å². The Morgan fingerprint density at radius 3 is 2.19 bits per heavy atom. The van der Waals surface area contributed by atoms with Crippen LogP contribution in [-0.4, -0.2) is 23.9 Å². The van der Waals surface area contributed by atoms with Gasteiger partial charge in [-0.1, -0.05) is 46.3 Å². The van der Waals surface area contributed by atoms with E-state index in [-0.39, 0.29) is 7.47 Å². The first-order valence-electron chi connectivity index (χ1n) is 10.1. The van der Waals surface area contributed by atoms with Crippen molar-refractivity contribution in [3.05, 3.63) is 35.7 Å². The van der Waals surface area contributed by atoms with E-state index in [0.717, 1.165) is 34.9 Å². The van der Waals surface area contributed by atoms with Crippen molar-refractivity contribution in [1.82, 2.24) is 4.98 Å². The van der Waals surface area contributed by atoms with Crippen molar-refractivity contribution in [1.29, 1.82) is 0 Å². The van der Waals surface area contributed by atoms with Gasteiger partial charge in [-0.3, -0.25) is 9.98 Å². The summed E-state index contributed by atoms with van der Waals surface area (Å²) < 4.78 is 0. The first-order chi connectivity index (χ1) is 12.4. The SMILES string of the molecule is C=C(C)C(C)N=C(C)N(C)c1ccc(C(C)(C)N)nc1[C@H](C)CC.CCC.[HH]. The van der Waals surface area contributed by atoms with Crippen molar-refractivity contribution in [3.63, 3.8) is 0 Å². The van der Waals surface area contributed by atoms with Crippen LogP contribution in [-0.2, 0) is 5.54 Å². The Kier molecular flexibility index (Phi) is 10.5.